The third-order valence-corrected chi connectivity index (χ3v) is 4.22. The molecule has 1 aliphatic heterocycles. The van der Waals surface area contributed by atoms with Gasteiger partial charge < -0.3 is 14.7 Å². The second-order valence-electron chi connectivity index (χ2n) is 6.47. The van der Waals surface area contributed by atoms with Gasteiger partial charge in [0.25, 0.3) is 0 Å². The van der Waals surface area contributed by atoms with Crippen molar-refractivity contribution in [1.82, 2.24) is 14.9 Å². The molecule has 0 atom stereocenters. The summed E-state index contributed by atoms with van der Waals surface area (Å²) in [5.41, 5.74) is 0. The smallest absolute Gasteiger partial charge is 0.171 e. The van der Waals surface area contributed by atoms with Gasteiger partial charge in [-0.05, 0) is 52.2 Å². The predicted octanol–water partition coefficient (Wildman–Crippen LogP) is 2.10. The lowest BCUT2D eigenvalue weighted by Gasteiger charge is -2.34. The molecule has 0 spiro atoms. The predicted molar refractivity (Wildman–Crippen MR) is 89.1 cm³/mol. The van der Waals surface area contributed by atoms with Crippen LogP contribution in [0.1, 0.15) is 25.7 Å². The number of hydrogen-bond acceptors (Lipinski definition) is 5. The number of hydrogen-bond donors (Lipinski definition) is 0. The molecule has 21 heavy (non-hydrogen) atoms. The van der Waals surface area contributed by atoms with Crippen molar-refractivity contribution in [2.45, 2.75) is 25.7 Å². The fourth-order valence-electron chi connectivity index (χ4n) is 2.99. The summed E-state index contributed by atoms with van der Waals surface area (Å²) in [7, 11) is 8.36. The normalized spacial score (nSPS) is 16.5. The Balaban J connectivity index is 1.86. The van der Waals surface area contributed by atoms with Crippen molar-refractivity contribution in [2.24, 2.45) is 5.92 Å². The van der Waals surface area contributed by atoms with Gasteiger partial charge in [-0.1, -0.05) is 0 Å². The molecule has 1 aromatic rings. The fourth-order valence-corrected chi connectivity index (χ4v) is 2.99. The van der Waals surface area contributed by atoms with E-state index in [1.807, 2.05) is 19.0 Å². The van der Waals surface area contributed by atoms with Crippen LogP contribution in [0.4, 0.5) is 11.6 Å². The van der Waals surface area contributed by atoms with E-state index in [0.29, 0.717) is 0 Å². The SMILES string of the molecule is CN(C)CCCC1CCN(c2nccnc2N(C)C)CC1. The average molecular weight is 291 g/mol. The monoisotopic (exact) mass is 291 g/mol. The Labute approximate surface area is 129 Å². The molecule has 1 fully saturated rings. The maximum Gasteiger partial charge on any atom is 0.171 e. The first-order valence-electron chi connectivity index (χ1n) is 7.96. The fraction of sp³-hybridized carbons (Fsp3) is 0.750. The molecule has 0 aliphatic carbocycles. The molecular weight excluding hydrogens is 262 g/mol. The van der Waals surface area contributed by atoms with Crippen molar-refractivity contribution in [3.05, 3.63) is 12.4 Å². The highest BCUT2D eigenvalue weighted by Gasteiger charge is 2.22. The molecule has 118 valence electrons. The maximum absolute atomic E-state index is 4.55. The Hall–Kier alpha value is -1.36. The second kappa shape index (κ2) is 7.59. The highest BCUT2D eigenvalue weighted by molar-refractivity contribution is 5.61. The van der Waals surface area contributed by atoms with Gasteiger partial charge in [0.1, 0.15) is 0 Å². The Morgan fingerprint density at radius 3 is 2.38 bits per heavy atom. The highest BCUT2D eigenvalue weighted by atomic mass is 15.3. The van der Waals surface area contributed by atoms with Gasteiger partial charge in [0, 0.05) is 39.6 Å². The van der Waals surface area contributed by atoms with Crippen LogP contribution in [0.25, 0.3) is 0 Å². The lowest BCUT2D eigenvalue weighted by molar-refractivity contribution is 0.331. The second-order valence-corrected chi connectivity index (χ2v) is 6.47. The first kappa shape index (κ1) is 16.0. The first-order valence-corrected chi connectivity index (χ1v) is 7.96. The first-order chi connectivity index (χ1) is 10.1. The average Bonchev–Trinajstić information content (AvgIpc) is 2.47. The number of nitrogens with zero attached hydrogens (tertiary/aromatic N) is 5. The zero-order valence-corrected chi connectivity index (χ0v) is 13.9. The van der Waals surface area contributed by atoms with Gasteiger partial charge in [0.05, 0.1) is 0 Å². The molecule has 0 radical (unpaired) electrons. The topological polar surface area (TPSA) is 35.5 Å². The molecule has 2 rings (SSSR count). The van der Waals surface area contributed by atoms with Crippen molar-refractivity contribution in [3.8, 4) is 0 Å². The summed E-state index contributed by atoms with van der Waals surface area (Å²) >= 11 is 0. The van der Waals surface area contributed by atoms with Crippen LogP contribution in [0.3, 0.4) is 0 Å². The third kappa shape index (κ3) is 4.56. The molecule has 0 amide bonds. The summed E-state index contributed by atoms with van der Waals surface area (Å²) in [5, 5.41) is 0. The van der Waals surface area contributed by atoms with Crippen LogP contribution in [0.5, 0.6) is 0 Å². The minimum Gasteiger partial charge on any atom is -0.360 e. The summed E-state index contributed by atoms with van der Waals surface area (Å²) in [6.07, 6.45) is 8.78. The van der Waals surface area contributed by atoms with E-state index < -0.39 is 0 Å². The van der Waals surface area contributed by atoms with Crippen LogP contribution in [-0.2, 0) is 0 Å². The molecule has 0 aromatic carbocycles. The van der Waals surface area contributed by atoms with Crippen molar-refractivity contribution in [3.63, 3.8) is 0 Å². The Morgan fingerprint density at radius 1 is 1.10 bits per heavy atom. The molecule has 0 bridgehead atoms. The molecule has 1 aromatic heterocycles. The quantitative estimate of drug-likeness (QED) is 0.802. The lowest BCUT2D eigenvalue weighted by atomic mass is 9.92. The van der Waals surface area contributed by atoms with E-state index in [9.17, 15) is 0 Å². The molecular formula is C16H29N5. The Kier molecular flexibility index (Phi) is 5.79. The third-order valence-electron chi connectivity index (χ3n) is 4.22. The summed E-state index contributed by atoms with van der Waals surface area (Å²) in [4.78, 5) is 15.7. The summed E-state index contributed by atoms with van der Waals surface area (Å²) in [5.74, 6) is 2.89. The molecule has 0 saturated carbocycles. The van der Waals surface area contributed by atoms with E-state index in [-0.39, 0.29) is 0 Å². The Morgan fingerprint density at radius 2 is 1.76 bits per heavy atom. The van der Waals surface area contributed by atoms with Crippen molar-refractivity contribution in [2.75, 3.05) is 57.6 Å². The molecule has 2 heterocycles. The van der Waals surface area contributed by atoms with Gasteiger partial charge in [0.15, 0.2) is 11.6 Å². The lowest BCUT2D eigenvalue weighted by Crippen LogP contribution is -2.35. The van der Waals surface area contributed by atoms with Gasteiger partial charge in [-0.15, -0.1) is 0 Å². The minimum atomic E-state index is 0.876. The van der Waals surface area contributed by atoms with E-state index in [2.05, 4.69) is 33.9 Å². The minimum absolute atomic E-state index is 0.876. The molecule has 0 N–H and O–H groups in total. The zero-order chi connectivity index (χ0) is 15.2. The van der Waals surface area contributed by atoms with Gasteiger partial charge >= 0.3 is 0 Å². The van der Waals surface area contributed by atoms with E-state index in [0.717, 1.165) is 30.6 Å². The van der Waals surface area contributed by atoms with Crippen LogP contribution >= 0.6 is 0 Å². The standard InChI is InChI=1S/C16H29N5/c1-19(2)11-5-6-14-7-12-21(13-8-14)16-15(20(3)4)17-9-10-18-16/h9-10,14H,5-8,11-13H2,1-4H3. The van der Waals surface area contributed by atoms with Crippen LogP contribution < -0.4 is 9.80 Å². The number of aromatic nitrogens is 2. The van der Waals surface area contributed by atoms with E-state index >= 15 is 0 Å². The van der Waals surface area contributed by atoms with Crippen LogP contribution in [-0.4, -0.2) is 62.7 Å². The van der Waals surface area contributed by atoms with Crippen LogP contribution in [0.15, 0.2) is 12.4 Å². The number of piperidine rings is 1. The molecule has 5 nitrogen and oxygen atoms in total. The van der Waals surface area contributed by atoms with Crippen molar-refractivity contribution in [1.29, 1.82) is 0 Å². The van der Waals surface area contributed by atoms with Gasteiger partial charge in [-0.2, -0.15) is 0 Å². The van der Waals surface area contributed by atoms with E-state index in [1.54, 1.807) is 12.4 Å². The van der Waals surface area contributed by atoms with Gasteiger partial charge in [-0.25, -0.2) is 9.97 Å². The van der Waals surface area contributed by atoms with E-state index in [4.69, 9.17) is 0 Å². The molecule has 1 saturated heterocycles. The van der Waals surface area contributed by atoms with Crippen LogP contribution in [0.2, 0.25) is 0 Å². The van der Waals surface area contributed by atoms with Crippen LogP contribution in [0, 0.1) is 5.92 Å². The summed E-state index contributed by atoms with van der Waals surface area (Å²) in [6.45, 7) is 3.41. The van der Waals surface area contributed by atoms with Crippen molar-refractivity contribution >= 4 is 11.6 Å². The van der Waals surface area contributed by atoms with E-state index in [1.165, 1.54) is 32.2 Å². The number of rotatable bonds is 6. The maximum atomic E-state index is 4.55. The zero-order valence-electron chi connectivity index (χ0n) is 13.9. The molecule has 5 heteroatoms. The molecule has 1 aliphatic rings. The number of anilines is 2. The van der Waals surface area contributed by atoms with Crippen molar-refractivity contribution < 1.29 is 0 Å². The summed E-state index contributed by atoms with van der Waals surface area (Å²) in [6, 6.07) is 0. The van der Waals surface area contributed by atoms with Gasteiger partial charge in [0.2, 0.25) is 0 Å². The highest BCUT2D eigenvalue weighted by Crippen LogP contribution is 2.29. The van der Waals surface area contributed by atoms with Gasteiger partial charge in [-0.3, -0.25) is 0 Å². The largest absolute Gasteiger partial charge is 0.360 e. The Bertz CT molecular complexity index is 424. The summed E-state index contributed by atoms with van der Waals surface area (Å²) < 4.78 is 0. The molecule has 0 unspecified atom stereocenters.